The number of para-hydroxylation sites is 1. The molecule has 0 spiro atoms. The third-order valence-corrected chi connectivity index (χ3v) is 4.98. The molecular formula is C23H22N4O2. The Hall–Kier alpha value is -3.51. The second-order valence-electron chi connectivity index (χ2n) is 6.90. The summed E-state index contributed by atoms with van der Waals surface area (Å²) < 4.78 is 5.32. The second kappa shape index (κ2) is 8.24. The molecule has 0 atom stereocenters. The Morgan fingerprint density at radius 3 is 2.52 bits per heavy atom. The molecule has 1 aliphatic heterocycles. The van der Waals surface area contributed by atoms with E-state index in [-0.39, 0.29) is 17.7 Å². The van der Waals surface area contributed by atoms with Gasteiger partial charge in [-0.1, -0.05) is 49.0 Å². The highest BCUT2D eigenvalue weighted by Gasteiger charge is 2.27. The summed E-state index contributed by atoms with van der Waals surface area (Å²) in [6, 6.07) is 17.2. The first-order valence-electron chi connectivity index (χ1n) is 9.40. The molecule has 146 valence electrons. The number of nitrogens with one attached hydrogen (secondary N) is 1. The molecule has 1 N–H and O–H groups in total. The van der Waals surface area contributed by atoms with E-state index in [1.54, 1.807) is 13.3 Å². The van der Waals surface area contributed by atoms with E-state index in [0.29, 0.717) is 11.4 Å². The van der Waals surface area contributed by atoms with Crippen molar-refractivity contribution in [3.8, 4) is 11.3 Å². The van der Waals surface area contributed by atoms with Gasteiger partial charge in [-0.25, -0.2) is 4.98 Å². The number of aromatic nitrogens is 2. The minimum atomic E-state index is -0.291. The summed E-state index contributed by atoms with van der Waals surface area (Å²) in [4.78, 5) is 23.3. The molecule has 2 aromatic carbocycles. The van der Waals surface area contributed by atoms with Gasteiger partial charge in [0.25, 0.3) is 5.91 Å². The lowest BCUT2D eigenvalue weighted by Gasteiger charge is -2.41. The quantitative estimate of drug-likeness (QED) is 0.700. The molecule has 3 aromatic rings. The SMILES string of the molecule is C=C(c1ccc(-c2cncc(C(=O)Nc3ccccc3)n2)cc1)N1CC(OC)C1. The first-order chi connectivity index (χ1) is 14.1. The van der Waals surface area contributed by atoms with Gasteiger partial charge in [-0.2, -0.15) is 0 Å². The van der Waals surface area contributed by atoms with Crippen molar-refractivity contribution in [2.24, 2.45) is 0 Å². The number of carbonyl (C=O) groups is 1. The Morgan fingerprint density at radius 2 is 1.83 bits per heavy atom. The van der Waals surface area contributed by atoms with Crippen LogP contribution in [0.4, 0.5) is 5.69 Å². The molecular weight excluding hydrogens is 364 g/mol. The number of carbonyl (C=O) groups excluding carboxylic acids is 1. The summed E-state index contributed by atoms with van der Waals surface area (Å²) in [5.41, 5.74) is 4.55. The Bertz CT molecular complexity index is 1010. The van der Waals surface area contributed by atoms with Gasteiger partial charge in [-0.05, 0) is 17.7 Å². The van der Waals surface area contributed by atoms with Crippen LogP contribution < -0.4 is 5.32 Å². The molecule has 4 rings (SSSR count). The maximum Gasteiger partial charge on any atom is 0.275 e. The summed E-state index contributed by atoms with van der Waals surface area (Å²) >= 11 is 0. The molecule has 0 bridgehead atoms. The van der Waals surface area contributed by atoms with E-state index < -0.39 is 0 Å². The number of methoxy groups -OCH3 is 1. The van der Waals surface area contributed by atoms with Crippen LogP contribution >= 0.6 is 0 Å². The number of benzene rings is 2. The third-order valence-electron chi connectivity index (χ3n) is 4.98. The van der Waals surface area contributed by atoms with Crippen LogP contribution in [0.5, 0.6) is 0 Å². The molecule has 6 heteroatoms. The fourth-order valence-electron chi connectivity index (χ4n) is 3.15. The zero-order valence-corrected chi connectivity index (χ0v) is 16.2. The average Bonchev–Trinajstić information content (AvgIpc) is 2.74. The minimum Gasteiger partial charge on any atom is -0.378 e. The van der Waals surface area contributed by atoms with Crippen LogP contribution in [0.25, 0.3) is 17.0 Å². The van der Waals surface area contributed by atoms with Crippen LogP contribution in [0.3, 0.4) is 0 Å². The molecule has 0 radical (unpaired) electrons. The number of hydrogen-bond acceptors (Lipinski definition) is 5. The number of nitrogens with zero attached hydrogens (tertiary/aromatic N) is 3. The van der Waals surface area contributed by atoms with Gasteiger partial charge < -0.3 is 15.0 Å². The van der Waals surface area contributed by atoms with Crippen LogP contribution in [-0.2, 0) is 4.74 Å². The van der Waals surface area contributed by atoms with Gasteiger partial charge in [0.1, 0.15) is 5.69 Å². The van der Waals surface area contributed by atoms with Gasteiger partial charge in [0.05, 0.1) is 24.2 Å². The standard InChI is InChI=1S/C23H22N4O2/c1-16(27-14-20(15-27)29-2)17-8-10-18(11-9-17)21-12-24-13-22(26-21)23(28)25-19-6-4-3-5-7-19/h3-13,20H,1,14-15H2,2H3,(H,25,28). The number of hydrogen-bond donors (Lipinski definition) is 1. The topological polar surface area (TPSA) is 67.4 Å². The molecule has 2 heterocycles. The van der Waals surface area contributed by atoms with Crippen LogP contribution in [0.1, 0.15) is 16.1 Å². The molecule has 1 aromatic heterocycles. The summed E-state index contributed by atoms with van der Waals surface area (Å²) in [7, 11) is 1.73. The van der Waals surface area contributed by atoms with Crippen LogP contribution in [0.2, 0.25) is 0 Å². The molecule has 6 nitrogen and oxygen atoms in total. The first-order valence-corrected chi connectivity index (χ1v) is 9.40. The average molecular weight is 386 g/mol. The van der Waals surface area contributed by atoms with Gasteiger partial charge in [-0.15, -0.1) is 0 Å². The monoisotopic (exact) mass is 386 g/mol. The van der Waals surface area contributed by atoms with Crippen molar-refractivity contribution in [1.82, 2.24) is 14.9 Å². The van der Waals surface area contributed by atoms with Crippen molar-refractivity contribution in [3.63, 3.8) is 0 Å². The van der Waals surface area contributed by atoms with Crippen molar-refractivity contribution in [3.05, 3.63) is 84.8 Å². The Kier molecular flexibility index (Phi) is 5.35. The Labute approximate surface area is 169 Å². The highest BCUT2D eigenvalue weighted by molar-refractivity contribution is 6.02. The molecule has 0 aliphatic carbocycles. The van der Waals surface area contributed by atoms with E-state index in [9.17, 15) is 4.79 Å². The van der Waals surface area contributed by atoms with E-state index in [2.05, 4.69) is 26.8 Å². The predicted octanol–water partition coefficient (Wildman–Crippen LogP) is 3.70. The molecule has 0 unspecified atom stereocenters. The van der Waals surface area contributed by atoms with Crippen molar-refractivity contribution in [2.75, 3.05) is 25.5 Å². The maximum absolute atomic E-state index is 12.5. The second-order valence-corrected chi connectivity index (χ2v) is 6.90. The fourth-order valence-corrected chi connectivity index (χ4v) is 3.15. The molecule has 1 amide bonds. The highest BCUT2D eigenvalue weighted by Crippen LogP contribution is 2.26. The maximum atomic E-state index is 12.5. The van der Waals surface area contributed by atoms with E-state index in [4.69, 9.17) is 4.74 Å². The van der Waals surface area contributed by atoms with Crippen molar-refractivity contribution in [2.45, 2.75) is 6.10 Å². The summed E-state index contributed by atoms with van der Waals surface area (Å²) in [6.45, 7) is 5.91. The van der Waals surface area contributed by atoms with E-state index in [1.165, 1.54) is 6.20 Å². The van der Waals surface area contributed by atoms with Crippen LogP contribution in [-0.4, -0.2) is 47.1 Å². The van der Waals surface area contributed by atoms with E-state index in [1.807, 2.05) is 54.6 Å². The number of ether oxygens (including phenoxy) is 1. The molecule has 1 fully saturated rings. The van der Waals surface area contributed by atoms with Crippen LogP contribution in [0, 0.1) is 0 Å². The first kappa shape index (κ1) is 18.8. The van der Waals surface area contributed by atoms with E-state index >= 15 is 0 Å². The van der Waals surface area contributed by atoms with Gasteiger partial charge >= 0.3 is 0 Å². The number of anilines is 1. The summed E-state index contributed by atoms with van der Waals surface area (Å²) in [6.07, 6.45) is 3.40. The Balaban J connectivity index is 1.47. The van der Waals surface area contributed by atoms with Crippen LogP contribution in [0.15, 0.2) is 73.6 Å². The lowest BCUT2D eigenvalue weighted by molar-refractivity contribution is 0.000933. The number of rotatable bonds is 6. The molecule has 1 aliphatic rings. The molecule has 0 saturated carbocycles. The zero-order valence-electron chi connectivity index (χ0n) is 16.2. The highest BCUT2D eigenvalue weighted by atomic mass is 16.5. The lowest BCUT2D eigenvalue weighted by atomic mass is 10.0. The zero-order chi connectivity index (χ0) is 20.2. The largest absolute Gasteiger partial charge is 0.378 e. The van der Waals surface area contributed by atoms with Gasteiger partial charge in [0.15, 0.2) is 0 Å². The summed E-state index contributed by atoms with van der Waals surface area (Å²) in [5.74, 6) is -0.291. The number of amides is 1. The van der Waals surface area contributed by atoms with Crippen molar-refractivity contribution < 1.29 is 9.53 Å². The smallest absolute Gasteiger partial charge is 0.275 e. The lowest BCUT2D eigenvalue weighted by Crippen LogP contribution is -2.50. The van der Waals surface area contributed by atoms with Gasteiger partial charge in [0.2, 0.25) is 0 Å². The van der Waals surface area contributed by atoms with Crippen molar-refractivity contribution in [1.29, 1.82) is 0 Å². The number of likely N-dealkylation sites (tertiary alicyclic amines) is 1. The summed E-state index contributed by atoms with van der Waals surface area (Å²) in [5, 5.41) is 2.83. The van der Waals surface area contributed by atoms with Gasteiger partial charge in [0, 0.05) is 37.1 Å². The van der Waals surface area contributed by atoms with Crippen molar-refractivity contribution >= 4 is 17.3 Å². The third kappa shape index (κ3) is 4.17. The fraction of sp³-hybridized carbons (Fsp3) is 0.174. The predicted molar refractivity (Wildman–Crippen MR) is 113 cm³/mol. The van der Waals surface area contributed by atoms with E-state index in [0.717, 1.165) is 29.9 Å². The molecule has 1 saturated heterocycles. The molecule has 29 heavy (non-hydrogen) atoms. The Morgan fingerprint density at radius 1 is 1.10 bits per heavy atom. The van der Waals surface area contributed by atoms with Gasteiger partial charge in [-0.3, -0.25) is 9.78 Å². The normalized spacial score (nSPS) is 13.6. The minimum absolute atomic E-state index is 0.269.